The van der Waals surface area contributed by atoms with E-state index in [0.717, 1.165) is 61.9 Å². The summed E-state index contributed by atoms with van der Waals surface area (Å²) in [5.41, 5.74) is 2.63. The van der Waals surface area contributed by atoms with Gasteiger partial charge in [0.15, 0.2) is 0 Å². The molecule has 2 aliphatic heterocycles. The Bertz CT molecular complexity index is 1280. The summed E-state index contributed by atoms with van der Waals surface area (Å²) >= 11 is 3.48. The first-order chi connectivity index (χ1) is 19.0. The van der Waals surface area contributed by atoms with Crippen molar-refractivity contribution in [3.63, 3.8) is 0 Å². The fourth-order valence-electron chi connectivity index (χ4n) is 5.85. The molecule has 1 spiro atoms. The molecule has 2 heterocycles. The number of methoxy groups -OCH3 is 1. The molecule has 3 aromatic rings. The second-order valence-electron chi connectivity index (χ2n) is 10.7. The molecule has 6 nitrogen and oxygen atoms in total. The number of carbonyl (C=O) groups is 2. The summed E-state index contributed by atoms with van der Waals surface area (Å²) in [5, 5.41) is 3.24. The fourth-order valence-corrected chi connectivity index (χ4v) is 6.11. The van der Waals surface area contributed by atoms with E-state index in [1.54, 1.807) is 13.2 Å². The monoisotopic (exact) mass is 625 g/mol. The van der Waals surface area contributed by atoms with Crippen molar-refractivity contribution < 1.29 is 14.3 Å². The normalized spacial score (nSPS) is 17.4. The van der Waals surface area contributed by atoms with E-state index in [1.807, 2.05) is 53.4 Å². The van der Waals surface area contributed by atoms with E-state index < -0.39 is 0 Å². The Kier molecular flexibility index (Phi) is 10.3. The number of amides is 2. The summed E-state index contributed by atoms with van der Waals surface area (Å²) in [6, 6.07) is 25.5. The highest BCUT2D eigenvalue weighted by atomic mass is 79.9. The third-order valence-corrected chi connectivity index (χ3v) is 8.80. The lowest BCUT2D eigenvalue weighted by Gasteiger charge is -2.38. The van der Waals surface area contributed by atoms with Gasteiger partial charge in [-0.3, -0.25) is 9.59 Å². The molecule has 40 heavy (non-hydrogen) atoms. The summed E-state index contributed by atoms with van der Waals surface area (Å²) < 4.78 is 6.35. The molecule has 0 saturated carbocycles. The van der Waals surface area contributed by atoms with Crippen molar-refractivity contribution in [2.24, 2.45) is 5.41 Å². The van der Waals surface area contributed by atoms with Gasteiger partial charge in [0.25, 0.3) is 5.91 Å². The van der Waals surface area contributed by atoms with Crippen LogP contribution in [0, 0.1) is 5.41 Å². The molecule has 0 aliphatic carbocycles. The Morgan fingerprint density at radius 2 is 1.68 bits per heavy atom. The molecular formula is C32H37BrClN3O3. The number of hydrogen-bond donors (Lipinski definition) is 1. The largest absolute Gasteiger partial charge is 0.497 e. The number of carbonyl (C=O) groups excluding carboxylic acids is 2. The lowest BCUT2D eigenvalue weighted by atomic mass is 9.77. The first-order valence-electron chi connectivity index (χ1n) is 13.7. The summed E-state index contributed by atoms with van der Waals surface area (Å²) in [4.78, 5) is 31.1. The zero-order valence-corrected chi connectivity index (χ0v) is 25.3. The number of benzene rings is 3. The van der Waals surface area contributed by atoms with Crippen LogP contribution >= 0.6 is 28.3 Å². The molecule has 2 saturated heterocycles. The lowest BCUT2D eigenvalue weighted by molar-refractivity contribution is -0.138. The topological polar surface area (TPSA) is 61.9 Å². The molecule has 1 atom stereocenters. The van der Waals surface area contributed by atoms with Crippen LogP contribution in [0.4, 0.5) is 0 Å². The number of nitrogens with one attached hydrogen (secondary N) is 1. The number of nitrogens with zero attached hydrogens (tertiary/aromatic N) is 2. The van der Waals surface area contributed by atoms with Gasteiger partial charge in [0.2, 0.25) is 5.91 Å². The van der Waals surface area contributed by atoms with Gasteiger partial charge in [-0.1, -0.05) is 64.5 Å². The Morgan fingerprint density at radius 1 is 0.975 bits per heavy atom. The van der Waals surface area contributed by atoms with Gasteiger partial charge >= 0.3 is 0 Å². The molecule has 0 bridgehead atoms. The van der Waals surface area contributed by atoms with E-state index in [-0.39, 0.29) is 29.8 Å². The minimum Gasteiger partial charge on any atom is -0.497 e. The summed E-state index contributed by atoms with van der Waals surface area (Å²) in [7, 11) is 1.60. The fraction of sp³-hybridized carbons (Fsp3) is 0.375. The highest BCUT2D eigenvalue weighted by Gasteiger charge is 2.47. The number of rotatable bonds is 9. The standard InChI is InChI=1S/C32H36BrN3O3.ClH/c1-39-28-9-5-8-26(22-28)30(37)34-29(25-6-3-2-4-7-25)14-18-35-19-15-32(16-20-35)17-21-36(31(32)38)23-24-10-12-27(33)13-11-24;/h2-13,22,29H,14-21,23H2,1H3,(H,34,37);1H. The predicted molar refractivity (Wildman–Crippen MR) is 164 cm³/mol. The molecule has 212 valence electrons. The zero-order valence-electron chi connectivity index (χ0n) is 22.9. The predicted octanol–water partition coefficient (Wildman–Crippen LogP) is 6.26. The Labute approximate surface area is 251 Å². The minimum atomic E-state index is -0.217. The maximum Gasteiger partial charge on any atom is 0.251 e. The van der Waals surface area contributed by atoms with Gasteiger partial charge in [-0.25, -0.2) is 0 Å². The molecular weight excluding hydrogens is 590 g/mol. The van der Waals surface area contributed by atoms with Gasteiger partial charge in [0, 0.05) is 29.7 Å². The van der Waals surface area contributed by atoms with Crippen LogP contribution in [0.1, 0.15) is 53.2 Å². The first-order valence-corrected chi connectivity index (χ1v) is 14.5. The van der Waals surface area contributed by atoms with Crippen LogP contribution in [0.15, 0.2) is 83.3 Å². The average Bonchev–Trinajstić information content (AvgIpc) is 3.27. The van der Waals surface area contributed by atoms with Crippen molar-refractivity contribution >= 4 is 40.2 Å². The van der Waals surface area contributed by atoms with Crippen LogP contribution < -0.4 is 10.1 Å². The van der Waals surface area contributed by atoms with E-state index >= 15 is 0 Å². The number of piperidine rings is 1. The van der Waals surface area contributed by atoms with Gasteiger partial charge in [0.05, 0.1) is 18.6 Å². The van der Waals surface area contributed by atoms with Gasteiger partial charge in [-0.2, -0.15) is 0 Å². The minimum absolute atomic E-state index is 0. The van der Waals surface area contributed by atoms with Crippen molar-refractivity contribution in [2.75, 3.05) is 33.3 Å². The quantitative estimate of drug-likeness (QED) is 0.305. The van der Waals surface area contributed by atoms with Crippen LogP contribution in [-0.4, -0.2) is 54.9 Å². The van der Waals surface area contributed by atoms with Gasteiger partial charge in [-0.15, -0.1) is 12.4 Å². The highest BCUT2D eigenvalue weighted by molar-refractivity contribution is 9.10. The van der Waals surface area contributed by atoms with Gasteiger partial charge in [-0.05, 0) is 80.2 Å². The molecule has 2 amide bonds. The van der Waals surface area contributed by atoms with Crippen molar-refractivity contribution in [1.82, 2.24) is 15.1 Å². The van der Waals surface area contributed by atoms with Crippen LogP contribution in [0.2, 0.25) is 0 Å². The second kappa shape index (κ2) is 13.7. The smallest absolute Gasteiger partial charge is 0.251 e. The van der Waals surface area contributed by atoms with Crippen molar-refractivity contribution in [2.45, 2.75) is 38.3 Å². The van der Waals surface area contributed by atoms with E-state index in [1.165, 1.54) is 5.56 Å². The summed E-state index contributed by atoms with van der Waals surface area (Å²) in [6.07, 6.45) is 3.54. The number of halogens is 2. The molecule has 0 radical (unpaired) electrons. The Balaban J connectivity index is 0.00000370. The molecule has 2 aliphatic rings. The van der Waals surface area contributed by atoms with Crippen LogP contribution in [0.3, 0.4) is 0 Å². The van der Waals surface area contributed by atoms with Crippen LogP contribution in [0.5, 0.6) is 5.75 Å². The van der Waals surface area contributed by atoms with Gasteiger partial charge in [0.1, 0.15) is 5.75 Å². The molecule has 2 fully saturated rings. The van der Waals surface area contributed by atoms with Crippen molar-refractivity contribution in [1.29, 1.82) is 0 Å². The van der Waals surface area contributed by atoms with Gasteiger partial charge < -0.3 is 19.9 Å². The first kappa shape index (κ1) is 30.1. The van der Waals surface area contributed by atoms with Crippen molar-refractivity contribution in [3.05, 3.63) is 100 Å². The average molecular weight is 627 g/mol. The molecule has 0 aromatic heterocycles. The molecule has 1 N–H and O–H groups in total. The Hall–Kier alpha value is -2.87. The number of likely N-dealkylation sites (tertiary alicyclic amines) is 2. The van der Waals surface area contributed by atoms with E-state index in [2.05, 4.69) is 50.4 Å². The van der Waals surface area contributed by atoms with Crippen molar-refractivity contribution in [3.8, 4) is 5.75 Å². The lowest BCUT2D eigenvalue weighted by Crippen LogP contribution is -2.45. The summed E-state index contributed by atoms with van der Waals surface area (Å²) in [6.45, 7) is 4.20. The van der Waals surface area contributed by atoms with Crippen LogP contribution in [-0.2, 0) is 11.3 Å². The molecule has 3 aromatic carbocycles. The molecule has 5 rings (SSSR count). The maximum atomic E-state index is 13.5. The summed E-state index contributed by atoms with van der Waals surface area (Å²) in [5.74, 6) is 0.874. The van der Waals surface area contributed by atoms with E-state index in [0.29, 0.717) is 23.8 Å². The molecule has 8 heteroatoms. The maximum absolute atomic E-state index is 13.5. The van der Waals surface area contributed by atoms with Crippen LogP contribution in [0.25, 0.3) is 0 Å². The second-order valence-corrected chi connectivity index (χ2v) is 11.6. The van der Waals surface area contributed by atoms with E-state index in [9.17, 15) is 9.59 Å². The number of hydrogen-bond acceptors (Lipinski definition) is 4. The third kappa shape index (κ3) is 7.06. The SMILES string of the molecule is COc1cccc(C(=O)NC(CCN2CCC3(CC2)CCN(Cc2ccc(Br)cc2)C3=O)c2ccccc2)c1.Cl. The highest BCUT2D eigenvalue weighted by Crippen LogP contribution is 2.42. The third-order valence-electron chi connectivity index (χ3n) is 8.27. The van der Waals surface area contributed by atoms with E-state index in [4.69, 9.17) is 4.74 Å². The number of ether oxygens (including phenoxy) is 1. The molecule has 1 unspecified atom stereocenters. The zero-order chi connectivity index (χ0) is 27.2. The Morgan fingerprint density at radius 3 is 2.38 bits per heavy atom.